The minimum atomic E-state index is -0.757. The minimum absolute atomic E-state index is 0. The van der Waals surface area contributed by atoms with E-state index in [1.54, 1.807) is 20.8 Å². The van der Waals surface area contributed by atoms with Crippen molar-refractivity contribution in [3.8, 4) is 0 Å². The fourth-order valence-corrected chi connectivity index (χ4v) is 0. The third-order valence-electron chi connectivity index (χ3n) is 0.642. The van der Waals surface area contributed by atoms with Crippen molar-refractivity contribution in [1.29, 1.82) is 0 Å². The maximum Gasteiger partial charge on any atom is 0.308 e. The van der Waals surface area contributed by atoms with E-state index >= 15 is 0 Å². The summed E-state index contributed by atoms with van der Waals surface area (Å²) in [5.74, 6) is -0.757. The molecule has 0 aromatic heterocycles. The van der Waals surface area contributed by atoms with Crippen LogP contribution in [0.3, 0.4) is 0 Å². The van der Waals surface area contributed by atoms with E-state index < -0.39 is 11.4 Å². The molecule has 0 aromatic carbocycles. The van der Waals surface area contributed by atoms with Gasteiger partial charge in [-0.25, -0.2) is 0 Å². The summed E-state index contributed by atoms with van der Waals surface area (Å²) in [7, 11) is 0. The standard InChI is InChI=1S/C5H10O2.C4H11N.2CH4.2B/c1-5(2,3)4(6)7;1-4(2,3)5;;;;/h1-3H3,(H,6,7);5H2,1-3H3;2*1H4;;. The van der Waals surface area contributed by atoms with Gasteiger partial charge in [0.05, 0.1) is 5.41 Å². The third-order valence-corrected chi connectivity index (χ3v) is 0.642. The molecule has 0 unspecified atom stereocenters. The summed E-state index contributed by atoms with van der Waals surface area (Å²) < 4.78 is 0. The lowest BCUT2D eigenvalue weighted by Crippen LogP contribution is -2.26. The first-order valence-corrected chi connectivity index (χ1v) is 3.97. The molecule has 0 aliphatic heterocycles. The Bertz CT molecular complexity index is 143. The lowest BCUT2D eigenvalue weighted by atomic mass is 9.98. The van der Waals surface area contributed by atoms with Crippen LogP contribution in [0.4, 0.5) is 0 Å². The molecular formula is C11H29B2NO2. The van der Waals surface area contributed by atoms with E-state index in [9.17, 15) is 4.79 Å². The Labute approximate surface area is 106 Å². The molecule has 0 aliphatic carbocycles. The largest absolute Gasteiger partial charge is 0.481 e. The molecule has 0 saturated heterocycles. The summed E-state index contributed by atoms with van der Waals surface area (Å²) in [5.41, 5.74) is 4.77. The van der Waals surface area contributed by atoms with E-state index in [-0.39, 0.29) is 37.2 Å². The summed E-state index contributed by atoms with van der Waals surface area (Å²) in [5, 5.41) is 8.25. The first kappa shape index (κ1) is 36.1. The number of carbonyl (C=O) groups is 1. The molecule has 0 aliphatic rings. The lowest BCUT2D eigenvalue weighted by molar-refractivity contribution is -0.145. The monoisotopic (exact) mass is 229 g/mol. The van der Waals surface area contributed by atoms with Crippen LogP contribution in [-0.2, 0) is 4.79 Å². The van der Waals surface area contributed by atoms with Crippen LogP contribution < -0.4 is 5.73 Å². The number of hydrogen-bond donors (Lipinski definition) is 2. The van der Waals surface area contributed by atoms with Crippen molar-refractivity contribution in [1.82, 2.24) is 0 Å². The van der Waals surface area contributed by atoms with Crippen LogP contribution in [0.1, 0.15) is 56.4 Å². The minimum Gasteiger partial charge on any atom is -0.481 e. The molecule has 0 rings (SSSR count). The van der Waals surface area contributed by atoms with Gasteiger partial charge in [0, 0.05) is 22.4 Å². The fourth-order valence-electron chi connectivity index (χ4n) is 0. The molecule has 3 N–H and O–H groups in total. The Balaban J connectivity index is -0.0000000258. The first-order chi connectivity index (χ1) is 4.94. The van der Waals surface area contributed by atoms with Gasteiger partial charge in [0.2, 0.25) is 0 Å². The Morgan fingerprint density at radius 2 is 1.00 bits per heavy atom. The summed E-state index contributed by atoms with van der Waals surface area (Å²) in [6, 6.07) is 0. The maximum absolute atomic E-state index is 10.0. The molecule has 0 amide bonds. The highest BCUT2D eigenvalue weighted by molar-refractivity contribution is 5.76. The van der Waals surface area contributed by atoms with Crippen molar-refractivity contribution in [3.63, 3.8) is 0 Å². The molecule has 0 bridgehead atoms. The van der Waals surface area contributed by atoms with Crippen LogP contribution in [0.25, 0.3) is 0 Å². The van der Waals surface area contributed by atoms with E-state index in [1.165, 1.54) is 0 Å². The zero-order valence-electron chi connectivity index (χ0n) is 10.1. The van der Waals surface area contributed by atoms with Crippen molar-refractivity contribution in [2.75, 3.05) is 0 Å². The smallest absolute Gasteiger partial charge is 0.308 e. The number of rotatable bonds is 0. The average molecular weight is 229 g/mol. The second-order valence-corrected chi connectivity index (χ2v) is 4.92. The predicted octanol–water partition coefficient (Wildman–Crippen LogP) is 2.37. The molecule has 0 fully saturated rings. The predicted molar refractivity (Wildman–Crippen MR) is 76.0 cm³/mol. The maximum atomic E-state index is 10.0. The first-order valence-electron chi connectivity index (χ1n) is 3.97. The lowest BCUT2D eigenvalue weighted by Gasteiger charge is -2.08. The Morgan fingerprint density at radius 3 is 1.00 bits per heavy atom. The zero-order chi connectivity index (χ0) is 10.6. The van der Waals surface area contributed by atoms with Crippen LogP contribution in [0.2, 0.25) is 0 Å². The van der Waals surface area contributed by atoms with E-state index in [2.05, 4.69) is 0 Å². The number of aliphatic carboxylic acids is 1. The van der Waals surface area contributed by atoms with Crippen molar-refractivity contribution in [3.05, 3.63) is 0 Å². The normalized spacial score (nSPS) is 8.69. The second kappa shape index (κ2) is 12.6. The molecule has 0 aromatic rings. The summed E-state index contributed by atoms with van der Waals surface area (Å²) in [6.07, 6.45) is 0. The molecule has 16 heavy (non-hydrogen) atoms. The van der Waals surface area contributed by atoms with Crippen LogP contribution >= 0.6 is 0 Å². The highest BCUT2D eigenvalue weighted by Crippen LogP contribution is 2.11. The molecule has 3 nitrogen and oxygen atoms in total. The van der Waals surface area contributed by atoms with Gasteiger partial charge in [-0.05, 0) is 41.5 Å². The number of carboxylic acids is 1. The highest BCUT2D eigenvalue weighted by atomic mass is 16.4. The Morgan fingerprint density at radius 1 is 0.938 bits per heavy atom. The summed E-state index contributed by atoms with van der Waals surface area (Å²) in [4.78, 5) is 10.0. The molecular weight excluding hydrogens is 200 g/mol. The van der Waals surface area contributed by atoms with Crippen LogP contribution in [0, 0.1) is 5.41 Å². The summed E-state index contributed by atoms with van der Waals surface area (Å²) >= 11 is 0. The van der Waals surface area contributed by atoms with Gasteiger partial charge in [-0.15, -0.1) is 0 Å². The van der Waals surface area contributed by atoms with Crippen LogP contribution in [0.15, 0.2) is 0 Å². The van der Waals surface area contributed by atoms with E-state index in [4.69, 9.17) is 10.8 Å². The van der Waals surface area contributed by atoms with Gasteiger partial charge in [0.15, 0.2) is 0 Å². The number of hydrogen-bond acceptors (Lipinski definition) is 2. The zero-order valence-corrected chi connectivity index (χ0v) is 10.1. The quantitative estimate of drug-likeness (QED) is 0.626. The van der Waals surface area contributed by atoms with Crippen molar-refractivity contribution < 1.29 is 9.90 Å². The number of carboxylic acid groups (broad SMARTS) is 1. The van der Waals surface area contributed by atoms with Crippen molar-refractivity contribution in [2.24, 2.45) is 11.1 Å². The van der Waals surface area contributed by atoms with Gasteiger partial charge in [0.1, 0.15) is 0 Å². The van der Waals surface area contributed by atoms with E-state index in [1.807, 2.05) is 20.8 Å². The molecule has 5 heteroatoms. The molecule has 0 spiro atoms. The molecule has 0 heterocycles. The van der Waals surface area contributed by atoms with E-state index in [0.29, 0.717) is 0 Å². The van der Waals surface area contributed by atoms with Crippen molar-refractivity contribution >= 4 is 22.8 Å². The van der Waals surface area contributed by atoms with Gasteiger partial charge < -0.3 is 10.8 Å². The Hall–Kier alpha value is -0.440. The van der Waals surface area contributed by atoms with Crippen LogP contribution in [0.5, 0.6) is 0 Å². The average Bonchev–Trinajstić information content (AvgIpc) is 1.55. The Kier molecular flexibility index (Phi) is 28.5. The highest BCUT2D eigenvalue weighted by Gasteiger charge is 2.18. The molecule has 6 radical (unpaired) electrons. The van der Waals surface area contributed by atoms with E-state index in [0.717, 1.165) is 0 Å². The third kappa shape index (κ3) is 69.2. The molecule has 0 atom stereocenters. The SMILES string of the molecule is C.C.CC(C)(C)C(=O)O.CC(C)(C)N.[B].[B]. The number of nitrogens with two attached hydrogens (primary N) is 1. The molecule has 0 saturated carbocycles. The van der Waals surface area contributed by atoms with Gasteiger partial charge in [-0.1, -0.05) is 14.9 Å². The topological polar surface area (TPSA) is 63.3 Å². The van der Waals surface area contributed by atoms with Gasteiger partial charge in [-0.3, -0.25) is 4.79 Å². The van der Waals surface area contributed by atoms with Gasteiger partial charge >= 0.3 is 5.97 Å². The fraction of sp³-hybridized carbons (Fsp3) is 0.909. The van der Waals surface area contributed by atoms with Gasteiger partial charge in [-0.2, -0.15) is 0 Å². The van der Waals surface area contributed by atoms with Crippen LogP contribution in [-0.4, -0.2) is 33.4 Å². The summed E-state index contributed by atoms with van der Waals surface area (Å²) in [6.45, 7) is 10.9. The van der Waals surface area contributed by atoms with Gasteiger partial charge in [0.25, 0.3) is 0 Å². The van der Waals surface area contributed by atoms with Crippen molar-refractivity contribution in [2.45, 2.75) is 61.9 Å². The molecule has 96 valence electrons. The second-order valence-electron chi connectivity index (χ2n) is 4.92.